The predicted octanol–water partition coefficient (Wildman–Crippen LogP) is 3.09. The zero-order chi connectivity index (χ0) is 35.3. The Morgan fingerprint density at radius 1 is 1.11 bits per heavy atom. The molecule has 3 fully saturated rings. The molecule has 2 saturated carbocycles. The van der Waals surface area contributed by atoms with Crippen molar-refractivity contribution in [2.24, 2.45) is 23.2 Å². The van der Waals surface area contributed by atoms with Crippen LogP contribution in [0.1, 0.15) is 87.5 Å². The maximum Gasteiger partial charge on any atom is 0.408 e. The van der Waals surface area contributed by atoms with Gasteiger partial charge in [-0.05, 0) is 57.8 Å². The van der Waals surface area contributed by atoms with Gasteiger partial charge in [0, 0.05) is 18.3 Å². The highest BCUT2D eigenvalue weighted by Crippen LogP contribution is 2.46. The van der Waals surface area contributed by atoms with Gasteiger partial charge in [-0.15, -0.1) is 6.58 Å². The fourth-order valence-electron chi connectivity index (χ4n) is 6.41. The van der Waals surface area contributed by atoms with Crippen LogP contribution in [0.2, 0.25) is 0 Å². The molecule has 262 valence electrons. The maximum atomic E-state index is 14.4. The van der Waals surface area contributed by atoms with Gasteiger partial charge in [-0.3, -0.25) is 19.1 Å². The molecule has 0 aromatic carbocycles. The molecule has 47 heavy (non-hydrogen) atoms. The zero-order valence-electron chi connectivity index (χ0n) is 28.9. The number of allylic oxidation sites excluding steroid dienone is 3. The molecular formula is C34H52N4O8S. The van der Waals surface area contributed by atoms with Crippen molar-refractivity contribution in [2.45, 2.75) is 122 Å². The lowest BCUT2D eigenvalue weighted by Gasteiger charge is -2.37. The summed E-state index contributed by atoms with van der Waals surface area (Å²) in [5, 5.41) is 17.0. The van der Waals surface area contributed by atoms with Crippen molar-refractivity contribution in [3.8, 4) is 0 Å². The SMILES string of the molecule is C=C[C@@H]1C[C@]1(NC(=O)[C@@H]1C[C@@](O)(C2C=CC=C(C(C)C)C2)CN1C(=O)[C@@H](NC(=O)OC(C)(C)C)C(C)(C)C)C(=O)NS(=O)(=O)C1CC1. The van der Waals surface area contributed by atoms with E-state index in [0.717, 1.165) is 5.57 Å². The second-order valence-electron chi connectivity index (χ2n) is 16.0. The molecular weight excluding hydrogens is 624 g/mol. The first-order valence-corrected chi connectivity index (χ1v) is 18.0. The molecule has 6 atom stereocenters. The van der Waals surface area contributed by atoms with Crippen LogP contribution in [0.25, 0.3) is 0 Å². The Morgan fingerprint density at radius 3 is 2.26 bits per heavy atom. The summed E-state index contributed by atoms with van der Waals surface area (Å²) in [7, 11) is -3.89. The zero-order valence-corrected chi connectivity index (χ0v) is 29.7. The molecule has 4 N–H and O–H groups in total. The Kier molecular flexibility index (Phi) is 9.89. The first-order valence-electron chi connectivity index (χ1n) is 16.4. The van der Waals surface area contributed by atoms with Crippen molar-refractivity contribution in [3.63, 3.8) is 0 Å². The summed E-state index contributed by atoms with van der Waals surface area (Å²) in [4.78, 5) is 56.2. The molecule has 0 radical (unpaired) electrons. The van der Waals surface area contributed by atoms with E-state index in [-0.39, 0.29) is 25.3 Å². The Bertz CT molecular complexity index is 1470. The first-order chi connectivity index (χ1) is 21.5. The van der Waals surface area contributed by atoms with Gasteiger partial charge in [0.1, 0.15) is 23.2 Å². The average molecular weight is 677 g/mol. The third kappa shape index (κ3) is 8.10. The highest BCUT2D eigenvalue weighted by molar-refractivity contribution is 7.91. The fourth-order valence-corrected chi connectivity index (χ4v) is 7.77. The summed E-state index contributed by atoms with van der Waals surface area (Å²) in [6.45, 7) is 18.1. The predicted molar refractivity (Wildman–Crippen MR) is 177 cm³/mol. The minimum atomic E-state index is -3.89. The van der Waals surface area contributed by atoms with Crippen LogP contribution in [0, 0.1) is 23.2 Å². The molecule has 3 aliphatic carbocycles. The third-order valence-corrected chi connectivity index (χ3v) is 11.3. The van der Waals surface area contributed by atoms with Gasteiger partial charge < -0.3 is 25.4 Å². The number of rotatable bonds is 10. The van der Waals surface area contributed by atoms with Gasteiger partial charge in [0.15, 0.2) is 0 Å². The Hall–Kier alpha value is -3.19. The van der Waals surface area contributed by atoms with E-state index in [9.17, 15) is 32.7 Å². The molecule has 0 aromatic rings. The van der Waals surface area contributed by atoms with Crippen LogP contribution in [-0.4, -0.2) is 82.9 Å². The van der Waals surface area contributed by atoms with Gasteiger partial charge in [-0.1, -0.05) is 64.5 Å². The monoisotopic (exact) mass is 676 g/mol. The standard InChI is InChI=1S/C34H52N4O8S/c1-10-22-17-34(22,29(41)37-47(44,45)24-14-15-24)36-27(39)25-18-33(43,23-13-11-12-21(16-23)20(2)3)19-38(25)28(40)26(31(4,5)6)35-30(42)46-32(7,8)9/h10-13,20,22-26,43H,1,14-19H2,2-9H3,(H,35,42)(H,36,39)(H,37,41)/t22-,23?,25+,26-,33+,34-/m1/s1. The summed E-state index contributed by atoms with van der Waals surface area (Å²) in [5.74, 6) is -2.86. The fraction of sp³-hybridized carbons (Fsp3) is 0.706. The van der Waals surface area contributed by atoms with E-state index >= 15 is 0 Å². The number of hydrogen-bond acceptors (Lipinski definition) is 8. The molecule has 4 aliphatic rings. The van der Waals surface area contributed by atoms with Crippen LogP contribution in [0.15, 0.2) is 36.5 Å². The van der Waals surface area contributed by atoms with Crippen molar-refractivity contribution >= 4 is 33.8 Å². The number of amides is 4. The molecule has 1 aliphatic heterocycles. The molecule has 1 heterocycles. The quantitative estimate of drug-likeness (QED) is 0.256. The Labute approximate surface area is 278 Å². The van der Waals surface area contributed by atoms with Crippen molar-refractivity contribution in [3.05, 3.63) is 36.5 Å². The van der Waals surface area contributed by atoms with Crippen LogP contribution in [0.4, 0.5) is 4.79 Å². The van der Waals surface area contributed by atoms with Gasteiger partial charge in [-0.25, -0.2) is 13.2 Å². The van der Waals surface area contributed by atoms with Crippen LogP contribution in [0.3, 0.4) is 0 Å². The number of carbonyl (C=O) groups is 4. The topological polar surface area (TPSA) is 171 Å². The molecule has 1 saturated heterocycles. The van der Waals surface area contributed by atoms with Crippen molar-refractivity contribution < 1.29 is 37.4 Å². The van der Waals surface area contributed by atoms with Crippen LogP contribution < -0.4 is 15.4 Å². The Morgan fingerprint density at radius 2 is 1.74 bits per heavy atom. The molecule has 4 rings (SSSR count). The van der Waals surface area contributed by atoms with E-state index in [1.807, 2.05) is 18.2 Å². The van der Waals surface area contributed by atoms with E-state index in [1.54, 1.807) is 41.5 Å². The molecule has 4 amide bonds. The number of aliphatic hydroxyl groups is 1. The molecule has 0 spiro atoms. The summed E-state index contributed by atoms with van der Waals surface area (Å²) in [6.07, 6.45) is 7.90. The van der Waals surface area contributed by atoms with Gasteiger partial charge in [-0.2, -0.15) is 0 Å². The highest BCUT2D eigenvalue weighted by atomic mass is 32.2. The average Bonchev–Trinajstić information content (AvgIpc) is 3.87. The second kappa shape index (κ2) is 12.7. The molecule has 13 heteroatoms. The number of nitrogens with one attached hydrogen (secondary N) is 3. The van der Waals surface area contributed by atoms with Gasteiger partial charge in [0.2, 0.25) is 21.8 Å². The van der Waals surface area contributed by atoms with Crippen LogP contribution >= 0.6 is 0 Å². The normalized spacial score (nSPS) is 29.9. The minimum Gasteiger partial charge on any atom is -0.444 e. The molecule has 0 aromatic heterocycles. The third-order valence-electron chi connectivity index (χ3n) is 9.52. The lowest BCUT2D eigenvalue weighted by Crippen LogP contribution is -2.60. The van der Waals surface area contributed by atoms with Crippen molar-refractivity contribution in [1.82, 2.24) is 20.3 Å². The van der Waals surface area contributed by atoms with Gasteiger partial charge in [0.25, 0.3) is 5.91 Å². The smallest absolute Gasteiger partial charge is 0.408 e. The minimum absolute atomic E-state index is 0.134. The highest BCUT2D eigenvalue weighted by Gasteiger charge is 2.63. The van der Waals surface area contributed by atoms with E-state index in [4.69, 9.17) is 4.74 Å². The van der Waals surface area contributed by atoms with Gasteiger partial charge >= 0.3 is 6.09 Å². The number of hydrogen-bond donors (Lipinski definition) is 4. The Balaban J connectivity index is 1.66. The van der Waals surface area contributed by atoms with Gasteiger partial charge in [0.05, 0.1) is 17.4 Å². The summed E-state index contributed by atoms with van der Waals surface area (Å²) >= 11 is 0. The number of carbonyl (C=O) groups excluding carboxylic acids is 4. The first kappa shape index (κ1) is 36.6. The number of β-amino-alcohol motifs (C(OH)–C–C–N with tert-alkyl or cyclic N) is 1. The maximum absolute atomic E-state index is 14.4. The second-order valence-corrected chi connectivity index (χ2v) is 18.0. The largest absolute Gasteiger partial charge is 0.444 e. The number of ether oxygens (including phenoxy) is 1. The molecule has 0 bridgehead atoms. The van der Waals surface area contributed by atoms with Crippen LogP contribution in [0.5, 0.6) is 0 Å². The van der Waals surface area contributed by atoms with Crippen molar-refractivity contribution in [1.29, 1.82) is 0 Å². The number of alkyl carbamates (subject to hydrolysis) is 1. The lowest BCUT2D eigenvalue weighted by molar-refractivity contribution is -0.143. The summed E-state index contributed by atoms with van der Waals surface area (Å²) < 4.78 is 32.8. The van der Waals surface area contributed by atoms with E-state index in [0.29, 0.717) is 19.3 Å². The van der Waals surface area contributed by atoms with E-state index in [1.165, 1.54) is 11.0 Å². The van der Waals surface area contributed by atoms with E-state index in [2.05, 4.69) is 35.8 Å². The summed E-state index contributed by atoms with van der Waals surface area (Å²) in [5.41, 5.74) is -3.60. The molecule has 1 unspecified atom stereocenters. The molecule has 12 nitrogen and oxygen atoms in total. The number of nitrogens with zero attached hydrogens (tertiary/aromatic N) is 1. The van der Waals surface area contributed by atoms with E-state index < -0.39 is 85.2 Å². The van der Waals surface area contributed by atoms with Crippen molar-refractivity contribution in [2.75, 3.05) is 6.54 Å². The summed E-state index contributed by atoms with van der Waals surface area (Å²) in [6, 6.07) is -2.36. The number of likely N-dealkylation sites (tertiary alicyclic amines) is 1. The number of sulfonamides is 1. The lowest BCUT2D eigenvalue weighted by atomic mass is 9.76. The van der Waals surface area contributed by atoms with Crippen LogP contribution in [-0.2, 0) is 29.1 Å².